The maximum absolute atomic E-state index is 5.30. The molecule has 76 valence electrons. The lowest BCUT2D eigenvalue weighted by Gasteiger charge is -2.03. The molecule has 0 aromatic rings. The Morgan fingerprint density at radius 1 is 1.17 bits per heavy atom. The molecule has 0 aromatic heterocycles. The predicted octanol–water partition coefficient (Wildman–Crippen LogP) is 1.29. The molecule has 0 rings (SSSR count). The van der Waals surface area contributed by atoms with Crippen LogP contribution in [-0.4, -0.2) is 40.0 Å². The van der Waals surface area contributed by atoms with Gasteiger partial charge in [-0.1, -0.05) is 6.92 Å². The van der Waals surface area contributed by atoms with Gasteiger partial charge in [0, 0.05) is 15.1 Å². The van der Waals surface area contributed by atoms with Gasteiger partial charge in [-0.15, -0.1) is 0 Å². The largest absolute Gasteiger partial charge is 0.382 e. The van der Waals surface area contributed by atoms with Crippen molar-refractivity contribution in [3.05, 3.63) is 0 Å². The van der Waals surface area contributed by atoms with Gasteiger partial charge in [0.25, 0.3) is 0 Å². The van der Waals surface area contributed by atoms with E-state index in [1.54, 1.807) is 7.11 Å². The Labute approximate surface area is 76.9 Å². The molecule has 0 amide bonds. The second-order valence-corrected chi connectivity index (χ2v) is 2.67. The van der Waals surface area contributed by atoms with Crippen molar-refractivity contribution in [3.63, 3.8) is 0 Å². The van der Waals surface area contributed by atoms with Crippen molar-refractivity contribution < 1.29 is 10.9 Å². The lowest BCUT2D eigenvalue weighted by Crippen LogP contribution is -2.14. The summed E-state index contributed by atoms with van der Waals surface area (Å²) in [7, 11) is 1.69. The predicted molar refractivity (Wildman–Crippen MR) is 52.6 cm³/mol. The van der Waals surface area contributed by atoms with Gasteiger partial charge in [0.05, 0.1) is 13.2 Å². The number of rotatable bonds is 9. The first-order valence-corrected chi connectivity index (χ1v) is 4.69. The van der Waals surface area contributed by atoms with Gasteiger partial charge in [-0.05, 0) is 25.9 Å². The summed E-state index contributed by atoms with van der Waals surface area (Å²) in [4.78, 5) is 0. The average Bonchev–Trinajstić information content (AvgIpc) is 2.10. The lowest BCUT2D eigenvalue weighted by molar-refractivity contribution is 0.0688. The second kappa shape index (κ2) is 10.9. The first-order chi connectivity index (χ1) is 5.91. The Morgan fingerprint density at radius 2 is 2.00 bits per heavy atom. The lowest BCUT2D eigenvalue weighted by atomic mass is 10.3. The zero-order chi connectivity index (χ0) is 9.07. The molecule has 0 atom stereocenters. The maximum atomic E-state index is 5.30. The maximum Gasteiger partial charge on any atom is 0.0700 e. The van der Waals surface area contributed by atoms with Gasteiger partial charge in [0.2, 0.25) is 0 Å². The SMILES string of the molecule is CCNCCCCOCCOC.[HH]. The van der Waals surface area contributed by atoms with Crippen LogP contribution in [0.5, 0.6) is 0 Å². The summed E-state index contributed by atoms with van der Waals surface area (Å²) in [5.41, 5.74) is 0. The molecular weight excluding hydrogens is 154 g/mol. The fourth-order valence-electron chi connectivity index (χ4n) is 0.875. The molecule has 3 heteroatoms. The Balaban J connectivity index is 0. The van der Waals surface area contributed by atoms with E-state index in [9.17, 15) is 0 Å². The monoisotopic (exact) mass is 177 g/mol. The molecule has 1 N–H and O–H groups in total. The highest BCUT2D eigenvalue weighted by atomic mass is 16.5. The highest BCUT2D eigenvalue weighted by molar-refractivity contribution is 4.44. The van der Waals surface area contributed by atoms with E-state index in [-0.39, 0.29) is 1.43 Å². The zero-order valence-corrected chi connectivity index (χ0v) is 8.27. The van der Waals surface area contributed by atoms with E-state index in [0.717, 1.165) is 32.7 Å². The molecule has 12 heavy (non-hydrogen) atoms. The minimum Gasteiger partial charge on any atom is -0.382 e. The minimum absolute atomic E-state index is 0. The molecule has 0 aliphatic carbocycles. The number of hydrogen-bond donors (Lipinski definition) is 1. The number of methoxy groups -OCH3 is 1. The number of ether oxygens (including phenoxy) is 2. The molecule has 0 radical (unpaired) electrons. The molecule has 0 heterocycles. The van der Waals surface area contributed by atoms with Crippen molar-refractivity contribution in [1.82, 2.24) is 5.32 Å². The first-order valence-electron chi connectivity index (χ1n) is 4.69. The van der Waals surface area contributed by atoms with Crippen LogP contribution in [0.1, 0.15) is 21.2 Å². The van der Waals surface area contributed by atoms with E-state index >= 15 is 0 Å². The van der Waals surface area contributed by atoms with Crippen LogP contribution in [0.15, 0.2) is 0 Å². The summed E-state index contributed by atoms with van der Waals surface area (Å²) >= 11 is 0. The van der Waals surface area contributed by atoms with Gasteiger partial charge < -0.3 is 14.8 Å². The molecule has 0 bridgehead atoms. The third-order valence-electron chi connectivity index (χ3n) is 1.57. The number of unbranched alkanes of at least 4 members (excludes halogenated alkanes) is 1. The summed E-state index contributed by atoms with van der Waals surface area (Å²) in [5, 5.41) is 3.27. The van der Waals surface area contributed by atoms with E-state index < -0.39 is 0 Å². The van der Waals surface area contributed by atoms with Gasteiger partial charge in [0.1, 0.15) is 0 Å². The van der Waals surface area contributed by atoms with Crippen LogP contribution in [0.4, 0.5) is 0 Å². The van der Waals surface area contributed by atoms with Crippen LogP contribution in [0, 0.1) is 0 Å². The molecule has 0 aliphatic rings. The van der Waals surface area contributed by atoms with E-state index in [1.165, 1.54) is 6.42 Å². The average molecular weight is 177 g/mol. The van der Waals surface area contributed by atoms with Crippen LogP contribution in [0.2, 0.25) is 0 Å². The van der Waals surface area contributed by atoms with Crippen LogP contribution >= 0.6 is 0 Å². The van der Waals surface area contributed by atoms with Crippen molar-refractivity contribution >= 4 is 0 Å². The molecule has 0 unspecified atom stereocenters. The Bertz CT molecular complexity index is 74.0. The summed E-state index contributed by atoms with van der Waals surface area (Å²) in [6.45, 7) is 6.56. The van der Waals surface area contributed by atoms with Crippen molar-refractivity contribution in [1.29, 1.82) is 0 Å². The number of hydrogen-bond acceptors (Lipinski definition) is 3. The van der Waals surface area contributed by atoms with Crippen LogP contribution in [0.25, 0.3) is 0 Å². The molecule has 0 spiro atoms. The zero-order valence-electron chi connectivity index (χ0n) is 8.27. The summed E-state index contributed by atoms with van der Waals surface area (Å²) in [6, 6.07) is 0. The second-order valence-electron chi connectivity index (χ2n) is 2.67. The Morgan fingerprint density at radius 3 is 2.67 bits per heavy atom. The van der Waals surface area contributed by atoms with Gasteiger partial charge in [-0.2, -0.15) is 0 Å². The first kappa shape index (κ1) is 11.9. The van der Waals surface area contributed by atoms with E-state index in [0.29, 0.717) is 6.61 Å². The standard InChI is InChI=1S/C9H21NO2.H2/c1-3-10-6-4-5-7-12-9-8-11-2;/h10H,3-9H2,1-2H3;1H. The highest BCUT2D eigenvalue weighted by Crippen LogP contribution is 1.88. The Hall–Kier alpha value is -0.120. The molecule has 0 saturated heterocycles. The fourth-order valence-corrected chi connectivity index (χ4v) is 0.875. The third kappa shape index (κ3) is 9.88. The normalized spacial score (nSPS) is 10.5. The smallest absolute Gasteiger partial charge is 0.0700 e. The molecule has 3 nitrogen and oxygen atoms in total. The van der Waals surface area contributed by atoms with Crippen LogP contribution in [-0.2, 0) is 9.47 Å². The van der Waals surface area contributed by atoms with Crippen LogP contribution < -0.4 is 5.32 Å². The van der Waals surface area contributed by atoms with Gasteiger partial charge in [-0.3, -0.25) is 0 Å². The van der Waals surface area contributed by atoms with Gasteiger partial charge in [0.15, 0.2) is 0 Å². The summed E-state index contributed by atoms with van der Waals surface area (Å²) < 4.78 is 10.2. The third-order valence-corrected chi connectivity index (χ3v) is 1.57. The summed E-state index contributed by atoms with van der Waals surface area (Å²) in [6.07, 6.45) is 2.33. The van der Waals surface area contributed by atoms with Gasteiger partial charge in [-0.25, -0.2) is 0 Å². The highest BCUT2D eigenvalue weighted by Gasteiger charge is 1.88. The number of nitrogens with one attached hydrogen (secondary N) is 1. The van der Waals surface area contributed by atoms with E-state index in [4.69, 9.17) is 9.47 Å². The van der Waals surface area contributed by atoms with E-state index in [1.807, 2.05) is 0 Å². The quantitative estimate of drug-likeness (QED) is 0.538. The molecule has 0 aromatic carbocycles. The Kier molecular flexibility index (Phi) is 10.8. The van der Waals surface area contributed by atoms with Crippen molar-refractivity contribution in [2.45, 2.75) is 19.8 Å². The van der Waals surface area contributed by atoms with E-state index in [2.05, 4.69) is 12.2 Å². The van der Waals surface area contributed by atoms with Crippen molar-refractivity contribution in [2.24, 2.45) is 0 Å². The van der Waals surface area contributed by atoms with Crippen LogP contribution in [0.3, 0.4) is 0 Å². The minimum atomic E-state index is 0. The van der Waals surface area contributed by atoms with Crippen molar-refractivity contribution in [2.75, 3.05) is 40.0 Å². The fraction of sp³-hybridized carbons (Fsp3) is 1.00. The van der Waals surface area contributed by atoms with Gasteiger partial charge >= 0.3 is 0 Å². The molecule has 0 aliphatic heterocycles. The van der Waals surface area contributed by atoms with Crippen molar-refractivity contribution in [3.8, 4) is 0 Å². The molecule has 0 fully saturated rings. The topological polar surface area (TPSA) is 30.5 Å². The molecular formula is C9H23NO2. The molecule has 0 saturated carbocycles. The summed E-state index contributed by atoms with van der Waals surface area (Å²) in [5.74, 6) is 0.